The van der Waals surface area contributed by atoms with Crippen LogP contribution in [-0.2, 0) is 66.2 Å². The van der Waals surface area contributed by atoms with Crippen LogP contribution >= 0.6 is 0 Å². The molecule has 0 saturated heterocycles. The predicted octanol–water partition coefficient (Wildman–Crippen LogP) is 9.80. The van der Waals surface area contributed by atoms with E-state index in [2.05, 4.69) is 118 Å². The Bertz CT molecular complexity index is 777. The van der Waals surface area contributed by atoms with Gasteiger partial charge in [-0.2, -0.15) is 0 Å². The molecule has 0 fully saturated rings. The summed E-state index contributed by atoms with van der Waals surface area (Å²) in [6.45, 7) is 43.8. The summed E-state index contributed by atoms with van der Waals surface area (Å²) >= 11 is 0. The Kier molecular flexibility index (Phi) is 14.6. The van der Waals surface area contributed by atoms with Crippen molar-refractivity contribution in [2.45, 2.75) is 157 Å². The van der Waals surface area contributed by atoms with E-state index < -0.39 is 49.9 Å². The summed E-state index contributed by atoms with van der Waals surface area (Å²) in [6.07, 6.45) is 0. The standard InChI is InChI=1S/C30H66O6Si6/c1-37(2,3)31-19-25-26(20-32-38(4,5)6)28(22-34-40(10,11)12)30(24-36-42(16,17)18)29(23-35-41(13,14)15)27(25)21-33-39(7,8)9/h19-24H2,1-18H3. The highest BCUT2D eigenvalue weighted by atomic mass is 28.4. The summed E-state index contributed by atoms with van der Waals surface area (Å²) in [4.78, 5) is 0. The highest BCUT2D eigenvalue weighted by Crippen LogP contribution is 2.36. The molecule has 0 aliphatic rings. The third kappa shape index (κ3) is 17.1. The molecule has 0 N–H and O–H groups in total. The van der Waals surface area contributed by atoms with Gasteiger partial charge in [0.2, 0.25) is 0 Å². The smallest absolute Gasteiger partial charge is 0.184 e. The van der Waals surface area contributed by atoms with Crippen molar-refractivity contribution in [2.24, 2.45) is 0 Å². The summed E-state index contributed by atoms with van der Waals surface area (Å²) < 4.78 is 40.1. The monoisotopic (exact) mass is 690 g/mol. The van der Waals surface area contributed by atoms with Gasteiger partial charge in [-0.3, -0.25) is 0 Å². The molecule has 0 unspecified atom stereocenters. The highest BCUT2D eigenvalue weighted by Gasteiger charge is 2.31. The summed E-state index contributed by atoms with van der Waals surface area (Å²) in [5.41, 5.74) is 7.22. The molecule has 0 atom stereocenters. The minimum Gasteiger partial charge on any atom is -0.413 e. The van der Waals surface area contributed by atoms with Gasteiger partial charge in [0.15, 0.2) is 49.9 Å². The largest absolute Gasteiger partial charge is 0.413 e. The third-order valence-electron chi connectivity index (χ3n) is 6.08. The Balaban J connectivity index is 4.23. The van der Waals surface area contributed by atoms with E-state index in [9.17, 15) is 0 Å². The second-order valence-electron chi connectivity index (χ2n) is 17.3. The molecular weight excluding hydrogens is 625 g/mol. The number of benzene rings is 1. The molecule has 0 bridgehead atoms. The first-order chi connectivity index (χ1) is 18.6. The van der Waals surface area contributed by atoms with E-state index in [1.54, 1.807) is 0 Å². The zero-order chi connectivity index (χ0) is 32.9. The van der Waals surface area contributed by atoms with Crippen LogP contribution in [-0.4, -0.2) is 49.9 Å². The van der Waals surface area contributed by atoms with Crippen LogP contribution in [0.1, 0.15) is 33.4 Å². The number of rotatable bonds is 18. The number of hydrogen-bond acceptors (Lipinski definition) is 6. The molecule has 0 aliphatic carbocycles. The fourth-order valence-electron chi connectivity index (χ4n) is 3.87. The summed E-state index contributed by atoms with van der Waals surface area (Å²) in [5, 5.41) is 0. The molecule has 0 aliphatic heterocycles. The van der Waals surface area contributed by atoms with Crippen molar-refractivity contribution in [3.63, 3.8) is 0 Å². The maximum Gasteiger partial charge on any atom is 0.184 e. The van der Waals surface area contributed by atoms with Gasteiger partial charge < -0.3 is 26.6 Å². The van der Waals surface area contributed by atoms with Gasteiger partial charge in [-0.05, 0) is 151 Å². The van der Waals surface area contributed by atoms with Crippen molar-refractivity contribution in [3.8, 4) is 0 Å². The Morgan fingerprint density at radius 1 is 0.238 bits per heavy atom. The van der Waals surface area contributed by atoms with Crippen molar-refractivity contribution >= 4 is 49.9 Å². The summed E-state index contributed by atoms with van der Waals surface area (Å²) in [7, 11) is -10.9. The molecular formula is C30H66O6Si6. The van der Waals surface area contributed by atoms with Gasteiger partial charge in [-0.1, -0.05) is 0 Å². The van der Waals surface area contributed by atoms with Crippen LogP contribution < -0.4 is 0 Å². The van der Waals surface area contributed by atoms with E-state index in [0.29, 0.717) is 39.6 Å². The van der Waals surface area contributed by atoms with Crippen LogP contribution in [0.15, 0.2) is 0 Å². The number of hydrogen-bond donors (Lipinski definition) is 0. The first-order valence-electron chi connectivity index (χ1n) is 15.6. The van der Waals surface area contributed by atoms with Crippen molar-refractivity contribution in [1.29, 1.82) is 0 Å². The van der Waals surface area contributed by atoms with E-state index >= 15 is 0 Å². The average molecular weight is 691 g/mol. The SMILES string of the molecule is C[Si](C)(C)OCc1c(CO[Si](C)(C)C)c(CO[Si](C)(C)C)c(CO[Si](C)(C)C)c(CO[Si](C)(C)C)c1CO[Si](C)(C)C. The Morgan fingerprint density at radius 2 is 0.333 bits per heavy atom. The molecule has 1 aromatic rings. The topological polar surface area (TPSA) is 55.4 Å². The van der Waals surface area contributed by atoms with E-state index in [-0.39, 0.29) is 0 Å². The summed E-state index contributed by atoms with van der Waals surface area (Å²) in [6, 6.07) is 0. The van der Waals surface area contributed by atoms with Crippen LogP contribution in [0.3, 0.4) is 0 Å². The zero-order valence-electron chi connectivity index (χ0n) is 30.7. The molecule has 1 aromatic carbocycles. The van der Waals surface area contributed by atoms with Gasteiger partial charge in [-0.15, -0.1) is 0 Å². The third-order valence-corrected chi connectivity index (χ3v) is 12.1. The first-order valence-corrected chi connectivity index (χ1v) is 36.0. The molecule has 0 spiro atoms. The van der Waals surface area contributed by atoms with E-state index in [1.165, 1.54) is 33.4 Å². The molecule has 0 saturated carbocycles. The maximum absolute atomic E-state index is 6.68. The zero-order valence-corrected chi connectivity index (χ0v) is 36.7. The Hall–Kier alpha value is 0.281. The van der Waals surface area contributed by atoms with E-state index in [4.69, 9.17) is 26.6 Å². The molecule has 0 aromatic heterocycles. The molecule has 1 rings (SSSR count). The lowest BCUT2D eigenvalue weighted by molar-refractivity contribution is 0.241. The van der Waals surface area contributed by atoms with Crippen LogP contribution in [0.25, 0.3) is 0 Å². The lowest BCUT2D eigenvalue weighted by Gasteiger charge is -2.33. The molecule has 6 nitrogen and oxygen atoms in total. The van der Waals surface area contributed by atoms with Crippen molar-refractivity contribution in [1.82, 2.24) is 0 Å². The fourth-order valence-corrected chi connectivity index (χ4v) is 7.33. The van der Waals surface area contributed by atoms with Gasteiger partial charge in [0.25, 0.3) is 0 Å². The van der Waals surface area contributed by atoms with Crippen molar-refractivity contribution < 1.29 is 26.6 Å². The Labute approximate surface area is 266 Å². The van der Waals surface area contributed by atoms with E-state index in [0.717, 1.165) is 0 Å². The lowest BCUT2D eigenvalue weighted by atomic mass is 9.87. The van der Waals surface area contributed by atoms with Crippen molar-refractivity contribution in [3.05, 3.63) is 33.4 Å². The molecule has 0 radical (unpaired) electrons. The molecule has 0 amide bonds. The van der Waals surface area contributed by atoms with Gasteiger partial charge >= 0.3 is 0 Å². The second kappa shape index (κ2) is 15.2. The predicted molar refractivity (Wildman–Crippen MR) is 195 cm³/mol. The van der Waals surface area contributed by atoms with Gasteiger partial charge in [-0.25, -0.2) is 0 Å². The quantitative estimate of drug-likeness (QED) is 0.143. The molecule has 0 heterocycles. The first kappa shape index (κ1) is 40.3. The van der Waals surface area contributed by atoms with Gasteiger partial charge in [0.1, 0.15) is 0 Å². The van der Waals surface area contributed by atoms with Gasteiger partial charge in [0, 0.05) is 0 Å². The normalized spacial score (nSPS) is 14.1. The molecule has 42 heavy (non-hydrogen) atoms. The fraction of sp³-hybridized carbons (Fsp3) is 0.800. The highest BCUT2D eigenvalue weighted by molar-refractivity contribution is 6.71. The second-order valence-corrected chi connectivity index (χ2v) is 44.4. The average Bonchev–Trinajstić information content (AvgIpc) is 2.72. The molecule has 12 heteroatoms. The molecule has 246 valence electrons. The maximum atomic E-state index is 6.68. The van der Waals surface area contributed by atoms with Crippen LogP contribution in [0.4, 0.5) is 0 Å². The minimum absolute atomic E-state index is 0.541. The lowest BCUT2D eigenvalue weighted by Crippen LogP contribution is -2.32. The van der Waals surface area contributed by atoms with Crippen LogP contribution in [0.2, 0.25) is 118 Å². The summed E-state index contributed by atoms with van der Waals surface area (Å²) in [5.74, 6) is 0. The van der Waals surface area contributed by atoms with Gasteiger partial charge in [0.05, 0.1) is 39.6 Å². The van der Waals surface area contributed by atoms with Crippen LogP contribution in [0, 0.1) is 0 Å². The minimum atomic E-state index is -1.82. The van der Waals surface area contributed by atoms with Crippen molar-refractivity contribution in [2.75, 3.05) is 0 Å². The Morgan fingerprint density at radius 3 is 0.405 bits per heavy atom. The van der Waals surface area contributed by atoms with Crippen LogP contribution in [0.5, 0.6) is 0 Å². The van der Waals surface area contributed by atoms with E-state index in [1.807, 2.05) is 0 Å².